The minimum atomic E-state index is 0.413. The Morgan fingerprint density at radius 3 is 2.27 bits per heavy atom. The van der Waals surface area contributed by atoms with E-state index in [1.165, 1.54) is 26.1 Å². The van der Waals surface area contributed by atoms with Crippen molar-refractivity contribution < 1.29 is 0 Å². The Labute approximate surface area is 94.6 Å². The van der Waals surface area contributed by atoms with Gasteiger partial charge in [-0.1, -0.05) is 0 Å². The molecule has 90 valence electrons. The van der Waals surface area contributed by atoms with Crippen LogP contribution in [0.5, 0.6) is 0 Å². The summed E-state index contributed by atoms with van der Waals surface area (Å²) in [5.74, 6) is 0. The second-order valence-corrected chi connectivity index (χ2v) is 5.27. The van der Waals surface area contributed by atoms with E-state index in [9.17, 15) is 0 Å². The Balaban J connectivity index is 2.27. The maximum absolute atomic E-state index is 5.90. The predicted octanol–water partition coefficient (Wildman–Crippen LogP) is 1.14. The topological polar surface area (TPSA) is 32.5 Å². The molecule has 1 unspecified atom stereocenters. The van der Waals surface area contributed by atoms with Crippen molar-refractivity contribution >= 4 is 0 Å². The third-order valence-electron chi connectivity index (χ3n) is 3.31. The molecule has 0 aromatic carbocycles. The number of rotatable bonds is 5. The summed E-state index contributed by atoms with van der Waals surface area (Å²) in [5, 5.41) is 0. The van der Waals surface area contributed by atoms with Gasteiger partial charge in [0.2, 0.25) is 0 Å². The zero-order chi connectivity index (χ0) is 11.4. The lowest BCUT2D eigenvalue weighted by Gasteiger charge is -2.32. The number of hydrogen-bond donors (Lipinski definition) is 1. The van der Waals surface area contributed by atoms with Crippen molar-refractivity contribution in [2.75, 3.05) is 26.2 Å². The lowest BCUT2D eigenvalue weighted by Crippen LogP contribution is -2.42. The highest BCUT2D eigenvalue weighted by molar-refractivity contribution is 4.79. The van der Waals surface area contributed by atoms with Crippen molar-refractivity contribution in [1.82, 2.24) is 9.80 Å². The number of hydrogen-bond acceptors (Lipinski definition) is 3. The first-order valence-corrected chi connectivity index (χ1v) is 6.24. The first-order valence-electron chi connectivity index (χ1n) is 6.24. The summed E-state index contributed by atoms with van der Waals surface area (Å²) in [6, 6.07) is 1.69. The van der Waals surface area contributed by atoms with Gasteiger partial charge in [-0.25, -0.2) is 0 Å². The van der Waals surface area contributed by atoms with E-state index in [1.54, 1.807) is 0 Å². The van der Waals surface area contributed by atoms with Gasteiger partial charge >= 0.3 is 0 Å². The molecule has 1 aliphatic rings. The normalized spacial score (nSPS) is 23.6. The quantitative estimate of drug-likeness (QED) is 0.743. The standard InChI is InChI=1S/C12H27N3/c1-10(2)15(11(3)4)8-7-14-6-5-12(13)9-14/h10-12H,5-9,13H2,1-4H3. The maximum Gasteiger partial charge on any atom is 0.0180 e. The first kappa shape index (κ1) is 12.9. The highest BCUT2D eigenvalue weighted by atomic mass is 15.2. The molecule has 1 heterocycles. The van der Waals surface area contributed by atoms with E-state index in [4.69, 9.17) is 5.73 Å². The van der Waals surface area contributed by atoms with E-state index < -0.39 is 0 Å². The summed E-state index contributed by atoms with van der Waals surface area (Å²) < 4.78 is 0. The van der Waals surface area contributed by atoms with E-state index in [1.807, 2.05) is 0 Å². The number of nitrogens with zero attached hydrogens (tertiary/aromatic N) is 2. The van der Waals surface area contributed by atoms with Crippen molar-refractivity contribution in [2.24, 2.45) is 5.73 Å². The number of likely N-dealkylation sites (tertiary alicyclic amines) is 1. The van der Waals surface area contributed by atoms with Gasteiger partial charge in [-0.2, -0.15) is 0 Å². The fourth-order valence-electron chi connectivity index (χ4n) is 2.44. The predicted molar refractivity (Wildman–Crippen MR) is 66.0 cm³/mol. The Kier molecular flexibility index (Phi) is 5.03. The molecule has 2 N–H and O–H groups in total. The van der Waals surface area contributed by atoms with Crippen molar-refractivity contribution in [3.05, 3.63) is 0 Å². The molecule has 1 saturated heterocycles. The second-order valence-electron chi connectivity index (χ2n) is 5.27. The molecule has 0 bridgehead atoms. The Morgan fingerprint density at radius 2 is 1.87 bits per heavy atom. The Morgan fingerprint density at radius 1 is 1.27 bits per heavy atom. The van der Waals surface area contributed by atoms with Crippen LogP contribution < -0.4 is 5.73 Å². The molecule has 0 aliphatic carbocycles. The monoisotopic (exact) mass is 213 g/mol. The van der Waals surface area contributed by atoms with Gasteiger partial charge in [0.1, 0.15) is 0 Å². The molecule has 1 aliphatic heterocycles. The first-order chi connectivity index (χ1) is 7.00. The highest BCUT2D eigenvalue weighted by Gasteiger charge is 2.20. The van der Waals surface area contributed by atoms with Crippen LogP contribution >= 0.6 is 0 Å². The van der Waals surface area contributed by atoms with Crippen LogP contribution in [0.3, 0.4) is 0 Å². The van der Waals surface area contributed by atoms with Gasteiger partial charge in [-0.15, -0.1) is 0 Å². The molecular weight excluding hydrogens is 186 g/mol. The second kappa shape index (κ2) is 5.83. The Bertz CT molecular complexity index is 172. The molecular formula is C12H27N3. The van der Waals surface area contributed by atoms with Crippen molar-refractivity contribution in [1.29, 1.82) is 0 Å². The largest absolute Gasteiger partial charge is 0.326 e. The van der Waals surface area contributed by atoms with Crippen LogP contribution in [0.1, 0.15) is 34.1 Å². The molecule has 0 aromatic rings. The summed E-state index contributed by atoms with van der Waals surface area (Å²) in [5.41, 5.74) is 5.90. The zero-order valence-electron chi connectivity index (χ0n) is 10.7. The molecule has 0 spiro atoms. The van der Waals surface area contributed by atoms with Gasteiger partial charge in [0.25, 0.3) is 0 Å². The van der Waals surface area contributed by atoms with Gasteiger partial charge in [-0.3, -0.25) is 4.90 Å². The van der Waals surface area contributed by atoms with Gasteiger partial charge in [0.05, 0.1) is 0 Å². The molecule has 0 aromatic heterocycles. The molecule has 0 saturated carbocycles. The fraction of sp³-hybridized carbons (Fsp3) is 1.00. The van der Waals surface area contributed by atoms with Crippen molar-refractivity contribution in [3.8, 4) is 0 Å². The van der Waals surface area contributed by atoms with Crippen LogP contribution in [0.4, 0.5) is 0 Å². The summed E-state index contributed by atoms with van der Waals surface area (Å²) in [6.45, 7) is 13.7. The van der Waals surface area contributed by atoms with E-state index in [2.05, 4.69) is 37.5 Å². The molecule has 0 radical (unpaired) electrons. The highest BCUT2D eigenvalue weighted by Crippen LogP contribution is 2.09. The van der Waals surface area contributed by atoms with E-state index in [0.29, 0.717) is 18.1 Å². The minimum Gasteiger partial charge on any atom is -0.326 e. The lowest BCUT2D eigenvalue weighted by atomic mass is 10.2. The van der Waals surface area contributed by atoms with Gasteiger partial charge in [0.15, 0.2) is 0 Å². The molecule has 3 nitrogen and oxygen atoms in total. The van der Waals surface area contributed by atoms with E-state index in [-0.39, 0.29) is 0 Å². The molecule has 3 heteroatoms. The van der Waals surface area contributed by atoms with Crippen LogP contribution in [0.15, 0.2) is 0 Å². The SMILES string of the molecule is CC(C)N(CCN1CCC(N)C1)C(C)C. The van der Waals surface area contributed by atoms with Crippen LogP contribution in [-0.4, -0.2) is 54.1 Å². The van der Waals surface area contributed by atoms with Gasteiger partial charge in [-0.05, 0) is 40.7 Å². The number of nitrogens with two attached hydrogens (primary N) is 1. The maximum atomic E-state index is 5.90. The molecule has 1 rings (SSSR count). The van der Waals surface area contributed by atoms with Crippen LogP contribution in [0.25, 0.3) is 0 Å². The third kappa shape index (κ3) is 4.09. The molecule has 1 atom stereocenters. The van der Waals surface area contributed by atoms with E-state index in [0.717, 1.165) is 6.54 Å². The van der Waals surface area contributed by atoms with Crippen LogP contribution in [-0.2, 0) is 0 Å². The van der Waals surface area contributed by atoms with Crippen molar-refractivity contribution in [3.63, 3.8) is 0 Å². The lowest BCUT2D eigenvalue weighted by molar-refractivity contribution is 0.152. The van der Waals surface area contributed by atoms with E-state index >= 15 is 0 Å². The summed E-state index contributed by atoms with van der Waals surface area (Å²) >= 11 is 0. The fourth-order valence-corrected chi connectivity index (χ4v) is 2.44. The zero-order valence-corrected chi connectivity index (χ0v) is 10.7. The molecule has 1 fully saturated rings. The third-order valence-corrected chi connectivity index (χ3v) is 3.31. The Hall–Kier alpha value is -0.120. The van der Waals surface area contributed by atoms with Gasteiger partial charge in [0, 0.05) is 37.8 Å². The van der Waals surface area contributed by atoms with Gasteiger partial charge < -0.3 is 10.6 Å². The summed E-state index contributed by atoms with van der Waals surface area (Å²) in [7, 11) is 0. The summed E-state index contributed by atoms with van der Waals surface area (Å²) in [4.78, 5) is 5.03. The smallest absolute Gasteiger partial charge is 0.0180 e. The molecule has 0 amide bonds. The van der Waals surface area contributed by atoms with Crippen LogP contribution in [0, 0.1) is 0 Å². The summed E-state index contributed by atoms with van der Waals surface area (Å²) in [6.07, 6.45) is 1.17. The van der Waals surface area contributed by atoms with Crippen molar-refractivity contribution in [2.45, 2.75) is 52.2 Å². The minimum absolute atomic E-state index is 0.413. The molecule has 15 heavy (non-hydrogen) atoms. The average Bonchev–Trinajstić information content (AvgIpc) is 2.50. The van der Waals surface area contributed by atoms with Crippen LogP contribution in [0.2, 0.25) is 0 Å². The average molecular weight is 213 g/mol.